The highest BCUT2D eigenvalue weighted by atomic mass is 16.4. The van der Waals surface area contributed by atoms with Crippen LogP contribution in [-0.4, -0.2) is 47.8 Å². The molecule has 3 rings (SSSR count). The average molecular weight is 343 g/mol. The predicted octanol–water partition coefficient (Wildman–Crippen LogP) is 1.42. The van der Waals surface area contributed by atoms with Gasteiger partial charge in [0.05, 0.1) is 0 Å². The summed E-state index contributed by atoms with van der Waals surface area (Å²) in [5.41, 5.74) is 1.52. The standard InChI is InChI=1S/C18H21N3O4/c1-12(22)19-15-3-4-16-14(9-18(24)25-17(16)10-15)11-20-5-7-21(8-6-20)13(2)23/h3-4,9-10H,5-8,11H2,1-2H3,(H,19,22). The molecule has 0 atom stereocenters. The number of carbonyl (C=O) groups is 2. The molecule has 1 saturated heterocycles. The van der Waals surface area contributed by atoms with Gasteiger partial charge in [-0.1, -0.05) is 0 Å². The number of piperazine rings is 1. The van der Waals surface area contributed by atoms with Crippen LogP contribution in [0.4, 0.5) is 5.69 Å². The minimum absolute atomic E-state index is 0.0935. The molecule has 25 heavy (non-hydrogen) atoms. The van der Waals surface area contributed by atoms with Crippen molar-refractivity contribution in [3.8, 4) is 0 Å². The molecule has 1 aliphatic heterocycles. The molecule has 1 aromatic heterocycles. The van der Waals surface area contributed by atoms with Crippen LogP contribution in [0.5, 0.6) is 0 Å². The quantitative estimate of drug-likeness (QED) is 0.852. The second kappa shape index (κ2) is 7.06. The van der Waals surface area contributed by atoms with E-state index in [9.17, 15) is 14.4 Å². The summed E-state index contributed by atoms with van der Waals surface area (Å²) in [6.07, 6.45) is 0. The first kappa shape index (κ1) is 17.2. The van der Waals surface area contributed by atoms with Gasteiger partial charge in [0.15, 0.2) is 0 Å². The van der Waals surface area contributed by atoms with E-state index >= 15 is 0 Å². The molecule has 7 heteroatoms. The summed E-state index contributed by atoms with van der Waals surface area (Å²) in [4.78, 5) is 38.5. The molecule has 0 radical (unpaired) electrons. The van der Waals surface area contributed by atoms with E-state index in [-0.39, 0.29) is 11.8 Å². The van der Waals surface area contributed by atoms with Crippen LogP contribution in [-0.2, 0) is 16.1 Å². The summed E-state index contributed by atoms with van der Waals surface area (Å²) in [5.74, 6) is -0.0860. The highest BCUT2D eigenvalue weighted by Crippen LogP contribution is 2.23. The normalized spacial score (nSPS) is 15.4. The first-order valence-electron chi connectivity index (χ1n) is 8.24. The van der Waals surface area contributed by atoms with Crippen LogP contribution < -0.4 is 10.9 Å². The van der Waals surface area contributed by atoms with Crippen molar-refractivity contribution in [1.29, 1.82) is 0 Å². The second-order valence-electron chi connectivity index (χ2n) is 6.27. The summed E-state index contributed by atoms with van der Waals surface area (Å²) in [5, 5.41) is 3.53. The Morgan fingerprint density at radius 1 is 1.12 bits per heavy atom. The van der Waals surface area contributed by atoms with Gasteiger partial charge in [0.25, 0.3) is 0 Å². The molecular formula is C18H21N3O4. The van der Waals surface area contributed by atoms with Gasteiger partial charge in [-0.3, -0.25) is 14.5 Å². The van der Waals surface area contributed by atoms with Gasteiger partial charge in [0.1, 0.15) is 5.58 Å². The monoisotopic (exact) mass is 343 g/mol. The largest absolute Gasteiger partial charge is 0.423 e. The van der Waals surface area contributed by atoms with E-state index in [0.29, 0.717) is 30.9 Å². The number of nitrogens with zero attached hydrogens (tertiary/aromatic N) is 2. The van der Waals surface area contributed by atoms with E-state index in [1.165, 1.54) is 13.0 Å². The maximum atomic E-state index is 11.9. The zero-order valence-corrected chi connectivity index (χ0v) is 14.4. The van der Waals surface area contributed by atoms with Crippen molar-refractivity contribution in [2.75, 3.05) is 31.5 Å². The summed E-state index contributed by atoms with van der Waals surface area (Å²) >= 11 is 0. The van der Waals surface area contributed by atoms with Crippen molar-refractivity contribution in [2.45, 2.75) is 20.4 Å². The lowest BCUT2D eigenvalue weighted by atomic mass is 10.1. The third-order valence-corrected chi connectivity index (χ3v) is 4.36. The fourth-order valence-corrected chi connectivity index (χ4v) is 3.10. The van der Waals surface area contributed by atoms with Crippen LogP contribution in [0.3, 0.4) is 0 Å². The Hall–Kier alpha value is -2.67. The average Bonchev–Trinajstić information content (AvgIpc) is 2.54. The van der Waals surface area contributed by atoms with Crippen LogP contribution >= 0.6 is 0 Å². The fraction of sp³-hybridized carbons (Fsp3) is 0.389. The van der Waals surface area contributed by atoms with Crippen LogP contribution in [0.25, 0.3) is 11.0 Å². The molecule has 0 spiro atoms. The summed E-state index contributed by atoms with van der Waals surface area (Å²) in [6.45, 7) is 6.56. The van der Waals surface area contributed by atoms with Crippen LogP contribution in [0.2, 0.25) is 0 Å². The molecule has 132 valence electrons. The molecule has 1 aliphatic rings. The first-order chi connectivity index (χ1) is 11.9. The van der Waals surface area contributed by atoms with Gasteiger partial charge in [-0.15, -0.1) is 0 Å². The second-order valence-corrected chi connectivity index (χ2v) is 6.27. The topological polar surface area (TPSA) is 82.9 Å². The molecule has 2 aromatic rings. The van der Waals surface area contributed by atoms with Gasteiger partial charge in [-0.25, -0.2) is 4.79 Å². The van der Waals surface area contributed by atoms with E-state index < -0.39 is 5.63 Å². The van der Waals surface area contributed by atoms with Crippen LogP contribution in [0.15, 0.2) is 33.5 Å². The molecular weight excluding hydrogens is 322 g/mol. The molecule has 1 N–H and O–H groups in total. The van der Waals surface area contributed by atoms with Gasteiger partial charge in [-0.05, 0) is 17.7 Å². The smallest absolute Gasteiger partial charge is 0.336 e. The molecule has 1 aromatic carbocycles. The van der Waals surface area contributed by atoms with Gasteiger partial charge in [0, 0.05) is 69.8 Å². The zero-order chi connectivity index (χ0) is 18.0. The van der Waals surface area contributed by atoms with E-state index in [1.54, 1.807) is 19.1 Å². The molecule has 2 amide bonds. The van der Waals surface area contributed by atoms with E-state index in [1.807, 2.05) is 11.0 Å². The minimum atomic E-state index is -0.412. The number of carbonyl (C=O) groups excluding carboxylic acids is 2. The number of amides is 2. The van der Waals surface area contributed by atoms with Crippen LogP contribution in [0.1, 0.15) is 19.4 Å². The van der Waals surface area contributed by atoms with Crippen LogP contribution in [0, 0.1) is 0 Å². The molecule has 7 nitrogen and oxygen atoms in total. The van der Waals surface area contributed by atoms with E-state index in [0.717, 1.165) is 24.0 Å². The maximum Gasteiger partial charge on any atom is 0.336 e. The van der Waals surface area contributed by atoms with Crippen molar-refractivity contribution < 1.29 is 14.0 Å². The zero-order valence-electron chi connectivity index (χ0n) is 14.4. The van der Waals surface area contributed by atoms with E-state index in [4.69, 9.17) is 4.42 Å². The fourth-order valence-electron chi connectivity index (χ4n) is 3.10. The van der Waals surface area contributed by atoms with Gasteiger partial charge < -0.3 is 14.6 Å². The Balaban J connectivity index is 1.83. The van der Waals surface area contributed by atoms with Crippen molar-refractivity contribution in [2.24, 2.45) is 0 Å². The Morgan fingerprint density at radius 3 is 2.48 bits per heavy atom. The maximum absolute atomic E-state index is 11.9. The molecule has 1 fully saturated rings. The Morgan fingerprint density at radius 2 is 1.84 bits per heavy atom. The van der Waals surface area contributed by atoms with Gasteiger partial charge in [-0.2, -0.15) is 0 Å². The van der Waals surface area contributed by atoms with Gasteiger partial charge >= 0.3 is 5.63 Å². The van der Waals surface area contributed by atoms with Crippen molar-refractivity contribution in [3.05, 3.63) is 40.2 Å². The molecule has 0 saturated carbocycles. The molecule has 0 bridgehead atoms. The van der Waals surface area contributed by atoms with E-state index in [2.05, 4.69) is 10.2 Å². The number of rotatable bonds is 3. The third kappa shape index (κ3) is 4.06. The van der Waals surface area contributed by atoms with Crippen molar-refractivity contribution in [1.82, 2.24) is 9.80 Å². The number of benzene rings is 1. The highest BCUT2D eigenvalue weighted by Gasteiger charge is 2.19. The highest BCUT2D eigenvalue weighted by molar-refractivity contribution is 5.92. The Kier molecular flexibility index (Phi) is 4.85. The minimum Gasteiger partial charge on any atom is -0.423 e. The summed E-state index contributed by atoms with van der Waals surface area (Å²) < 4.78 is 5.28. The molecule has 2 heterocycles. The van der Waals surface area contributed by atoms with Crippen molar-refractivity contribution >= 4 is 28.5 Å². The lowest BCUT2D eigenvalue weighted by Crippen LogP contribution is -2.47. The Bertz CT molecular complexity index is 866. The summed E-state index contributed by atoms with van der Waals surface area (Å²) in [6, 6.07) is 6.82. The first-order valence-corrected chi connectivity index (χ1v) is 8.24. The number of anilines is 1. The number of nitrogens with one attached hydrogen (secondary N) is 1. The number of hydrogen-bond donors (Lipinski definition) is 1. The molecule has 0 aliphatic carbocycles. The summed E-state index contributed by atoms with van der Waals surface area (Å²) in [7, 11) is 0. The third-order valence-electron chi connectivity index (χ3n) is 4.36. The number of fused-ring (bicyclic) bond motifs is 1. The SMILES string of the molecule is CC(=O)Nc1ccc2c(CN3CCN(C(C)=O)CC3)cc(=O)oc2c1. The van der Waals surface area contributed by atoms with Gasteiger partial charge in [0.2, 0.25) is 11.8 Å². The van der Waals surface area contributed by atoms with Crippen molar-refractivity contribution in [3.63, 3.8) is 0 Å². The lowest BCUT2D eigenvalue weighted by molar-refractivity contribution is -0.130. The Labute approximate surface area is 145 Å². The number of hydrogen-bond acceptors (Lipinski definition) is 5. The lowest BCUT2D eigenvalue weighted by Gasteiger charge is -2.34. The molecule has 0 unspecified atom stereocenters. The predicted molar refractivity (Wildman–Crippen MR) is 94.3 cm³/mol.